The van der Waals surface area contributed by atoms with E-state index in [9.17, 15) is 0 Å². The average Bonchev–Trinajstić information content (AvgIpc) is 3.59. The lowest BCUT2D eigenvalue weighted by Crippen LogP contribution is -2.12. The van der Waals surface area contributed by atoms with Gasteiger partial charge in [-0.25, -0.2) is 0 Å². The molecule has 242 valence electrons. The van der Waals surface area contributed by atoms with Crippen molar-refractivity contribution in [1.29, 1.82) is 0 Å². The number of benzene rings is 8. The zero-order chi connectivity index (χ0) is 34.0. The molecule has 0 atom stereocenters. The maximum absolute atomic E-state index is 2.44. The lowest BCUT2D eigenvalue weighted by atomic mass is 9.97. The van der Waals surface area contributed by atoms with Crippen molar-refractivity contribution in [2.75, 3.05) is 9.80 Å². The van der Waals surface area contributed by atoms with Crippen molar-refractivity contribution >= 4 is 65.6 Å². The Morgan fingerprint density at radius 2 is 0.725 bits per heavy atom. The van der Waals surface area contributed by atoms with Gasteiger partial charge in [-0.1, -0.05) is 133 Å². The van der Waals surface area contributed by atoms with Crippen LogP contribution in [0.15, 0.2) is 206 Å². The molecule has 8 aromatic carbocycles. The lowest BCUT2D eigenvalue weighted by molar-refractivity contribution is 1.28. The van der Waals surface area contributed by atoms with E-state index in [-0.39, 0.29) is 0 Å². The molecule has 0 aliphatic carbocycles. The Labute approximate surface area is 302 Å². The molecule has 0 aliphatic rings. The van der Waals surface area contributed by atoms with Crippen molar-refractivity contribution in [3.05, 3.63) is 206 Å². The van der Waals surface area contributed by atoms with Crippen LogP contribution in [-0.2, 0) is 0 Å². The van der Waals surface area contributed by atoms with Gasteiger partial charge in [-0.15, -0.1) is 11.3 Å². The molecule has 0 spiro atoms. The normalized spacial score (nSPS) is 11.1. The van der Waals surface area contributed by atoms with Gasteiger partial charge >= 0.3 is 0 Å². The summed E-state index contributed by atoms with van der Waals surface area (Å²) in [7, 11) is 0. The van der Waals surface area contributed by atoms with Crippen LogP contribution in [0.3, 0.4) is 0 Å². The molecule has 0 radical (unpaired) electrons. The fraction of sp³-hybridized carbons (Fsp3) is 0. The SMILES string of the molecule is c1ccc(-c2ccc(N(c3ccccc3)c3c(-c4ccc(N(c5ccccc5)c5ccccc5)cc4)ccc4sc5ccccc5c34)cc2)cc1. The molecule has 0 fully saturated rings. The van der Waals surface area contributed by atoms with E-state index >= 15 is 0 Å². The molecule has 0 unspecified atom stereocenters. The molecule has 3 heteroatoms. The highest BCUT2D eigenvalue weighted by Gasteiger charge is 2.23. The summed E-state index contributed by atoms with van der Waals surface area (Å²) < 4.78 is 2.56. The Balaban J connectivity index is 1.24. The molecule has 9 aromatic rings. The van der Waals surface area contributed by atoms with Gasteiger partial charge < -0.3 is 9.80 Å². The van der Waals surface area contributed by atoms with Gasteiger partial charge in [0.15, 0.2) is 0 Å². The van der Waals surface area contributed by atoms with Gasteiger partial charge in [-0.2, -0.15) is 0 Å². The van der Waals surface area contributed by atoms with E-state index in [1.807, 2.05) is 11.3 Å². The average molecular weight is 671 g/mol. The minimum absolute atomic E-state index is 1.11. The van der Waals surface area contributed by atoms with Crippen molar-refractivity contribution < 1.29 is 0 Å². The zero-order valence-electron chi connectivity index (χ0n) is 27.9. The van der Waals surface area contributed by atoms with Gasteiger partial charge in [0.1, 0.15) is 0 Å². The fourth-order valence-corrected chi connectivity index (χ4v) is 8.18. The summed E-state index contributed by atoms with van der Waals surface area (Å²) in [6.45, 7) is 0. The minimum atomic E-state index is 1.11. The van der Waals surface area contributed by atoms with Crippen LogP contribution in [0.5, 0.6) is 0 Å². The van der Waals surface area contributed by atoms with Gasteiger partial charge in [0.2, 0.25) is 0 Å². The van der Waals surface area contributed by atoms with Gasteiger partial charge in [0, 0.05) is 54.2 Å². The Bertz CT molecular complexity index is 2510. The Morgan fingerprint density at radius 1 is 0.294 bits per heavy atom. The van der Waals surface area contributed by atoms with Crippen molar-refractivity contribution in [1.82, 2.24) is 0 Å². The quantitative estimate of drug-likeness (QED) is 0.159. The molecule has 0 saturated carbocycles. The van der Waals surface area contributed by atoms with E-state index in [4.69, 9.17) is 0 Å². The number of nitrogens with zero attached hydrogens (tertiary/aromatic N) is 2. The van der Waals surface area contributed by atoms with E-state index < -0.39 is 0 Å². The van der Waals surface area contributed by atoms with E-state index in [2.05, 4.69) is 216 Å². The molecule has 0 amide bonds. The van der Waals surface area contributed by atoms with Gasteiger partial charge in [0.25, 0.3) is 0 Å². The predicted octanol–water partition coefficient (Wildman–Crippen LogP) is 14.3. The van der Waals surface area contributed by atoms with E-state index in [0.29, 0.717) is 0 Å². The van der Waals surface area contributed by atoms with Crippen LogP contribution in [0.4, 0.5) is 34.1 Å². The zero-order valence-corrected chi connectivity index (χ0v) is 28.7. The van der Waals surface area contributed by atoms with Crippen molar-refractivity contribution in [3.63, 3.8) is 0 Å². The number of thiophene rings is 1. The second kappa shape index (κ2) is 13.5. The molecule has 0 bridgehead atoms. The highest BCUT2D eigenvalue weighted by atomic mass is 32.1. The first-order valence-corrected chi connectivity index (χ1v) is 18.1. The number of anilines is 6. The highest BCUT2D eigenvalue weighted by Crippen LogP contribution is 2.50. The summed E-state index contributed by atoms with van der Waals surface area (Å²) in [6.07, 6.45) is 0. The number of hydrogen-bond acceptors (Lipinski definition) is 3. The third-order valence-electron chi connectivity index (χ3n) is 9.45. The van der Waals surface area contributed by atoms with Crippen LogP contribution in [-0.4, -0.2) is 0 Å². The van der Waals surface area contributed by atoms with Crippen molar-refractivity contribution in [2.45, 2.75) is 0 Å². The molecular weight excluding hydrogens is 637 g/mol. The maximum atomic E-state index is 2.44. The van der Waals surface area contributed by atoms with Gasteiger partial charge in [-0.3, -0.25) is 0 Å². The molecule has 51 heavy (non-hydrogen) atoms. The second-order valence-electron chi connectivity index (χ2n) is 12.6. The standard InChI is InChI=1S/C48H34N2S/c1-5-15-35(16-6-1)36-25-29-42(30-26-36)50(40-21-11-4-12-22-40)48-43(33-34-46-47(48)44-23-13-14-24-45(44)51-46)37-27-31-41(32-28-37)49(38-17-7-2-8-18-38)39-19-9-3-10-20-39/h1-34H. The number of fused-ring (bicyclic) bond motifs is 3. The van der Waals surface area contributed by atoms with Crippen LogP contribution in [0.25, 0.3) is 42.4 Å². The Morgan fingerprint density at radius 3 is 1.31 bits per heavy atom. The topological polar surface area (TPSA) is 6.48 Å². The van der Waals surface area contributed by atoms with Crippen LogP contribution >= 0.6 is 11.3 Å². The maximum Gasteiger partial charge on any atom is 0.0633 e. The van der Waals surface area contributed by atoms with Crippen molar-refractivity contribution in [2.24, 2.45) is 0 Å². The summed E-state index contributed by atoms with van der Waals surface area (Å²) in [5, 5.41) is 2.54. The van der Waals surface area contributed by atoms with Crippen LogP contribution < -0.4 is 9.80 Å². The monoisotopic (exact) mass is 670 g/mol. The predicted molar refractivity (Wildman–Crippen MR) is 220 cm³/mol. The van der Waals surface area contributed by atoms with E-state index in [1.54, 1.807) is 0 Å². The lowest BCUT2D eigenvalue weighted by Gasteiger charge is -2.29. The van der Waals surface area contributed by atoms with Crippen molar-refractivity contribution in [3.8, 4) is 22.3 Å². The number of para-hydroxylation sites is 3. The Kier molecular flexibility index (Phi) is 8.09. The van der Waals surface area contributed by atoms with Gasteiger partial charge in [0.05, 0.1) is 5.69 Å². The molecule has 9 rings (SSSR count). The number of hydrogen-bond donors (Lipinski definition) is 0. The molecule has 0 saturated heterocycles. The van der Waals surface area contributed by atoms with Crippen LogP contribution in [0, 0.1) is 0 Å². The molecule has 2 nitrogen and oxygen atoms in total. The first-order valence-electron chi connectivity index (χ1n) is 17.3. The third kappa shape index (κ3) is 5.84. The van der Waals surface area contributed by atoms with Gasteiger partial charge in [-0.05, 0) is 89.5 Å². The smallest absolute Gasteiger partial charge is 0.0633 e. The third-order valence-corrected chi connectivity index (χ3v) is 10.6. The van der Waals surface area contributed by atoms with E-state index in [1.165, 1.54) is 42.6 Å². The summed E-state index contributed by atoms with van der Waals surface area (Å²) in [4.78, 5) is 4.75. The number of rotatable bonds is 8. The first-order chi connectivity index (χ1) is 25.3. The highest BCUT2D eigenvalue weighted by molar-refractivity contribution is 7.26. The minimum Gasteiger partial charge on any atom is -0.311 e. The molecule has 0 N–H and O–H groups in total. The largest absolute Gasteiger partial charge is 0.311 e. The second-order valence-corrected chi connectivity index (χ2v) is 13.7. The fourth-order valence-electron chi connectivity index (χ4n) is 7.07. The Hall–Kier alpha value is -6.42. The van der Waals surface area contributed by atoms with Crippen LogP contribution in [0.2, 0.25) is 0 Å². The molecule has 1 heterocycles. The van der Waals surface area contributed by atoms with Crippen LogP contribution in [0.1, 0.15) is 0 Å². The molecular formula is C48H34N2S. The molecule has 0 aliphatic heterocycles. The summed E-state index contributed by atoms with van der Waals surface area (Å²) >= 11 is 1.86. The summed E-state index contributed by atoms with van der Waals surface area (Å²) in [5.41, 5.74) is 11.5. The summed E-state index contributed by atoms with van der Waals surface area (Å²) in [6, 6.07) is 74.0. The first kappa shape index (κ1) is 30.6. The summed E-state index contributed by atoms with van der Waals surface area (Å²) in [5.74, 6) is 0. The van der Waals surface area contributed by atoms with E-state index in [0.717, 1.165) is 34.0 Å². The molecule has 1 aromatic heterocycles.